The van der Waals surface area contributed by atoms with Crippen LogP contribution in [0, 0.1) is 5.92 Å². The minimum atomic E-state index is -0.860. The fourth-order valence-corrected chi connectivity index (χ4v) is 4.48. The summed E-state index contributed by atoms with van der Waals surface area (Å²) in [5.74, 6) is -1.67. The highest BCUT2D eigenvalue weighted by Crippen LogP contribution is 2.31. The lowest BCUT2D eigenvalue weighted by Gasteiger charge is -2.17. The number of nitrogens with one attached hydrogen (secondary N) is 2. The van der Waals surface area contributed by atoms with E-state index in [1.165, 1.54) is 0 Å². The number of aliphatic carboxylic acids is 1. The van der Waals surface area contributed by atoms with Crippen LogP contribution in [-0.2, 0) is 4.79 Å². The molecule has 2 saturated carbocycles. The van der Waals surface area contributed by atoms with Crippen LogP contribution in [0.1, 0.15) is 61.3 Å². The van der Waals surface area contributed by atoms with Gasteiger partial charge < -0.3 is 15.4 Å². The Morgan fingerprint density at radius 2 is 1.88 bits per heavy atom. The van der Waals surface area contributed by atoms with E-state index in [0.29, 0.717) is 23.9 Å². The van der Waals surface area contributed by atoms with E-state index >= 15 is 0 Å². The first kappa shape index (κ1) is 16.9. The Morgan fingerprint density at radius 1 is 1.12 bits per heavy atom. The molecule has 2 aliphatic rings. The minimum Gasteiger partial charge on any atom is -0.481 e. The number of carbonyl (C=O) groups is 2. The molecule has 3 N–H and O–H groups in total. The smallest absolute Gasteiger partial charge is 0.326 e. The average molecular weight is 357 g/mol. The molecule has 1 amide bonds. The molecule has 26 heavy (non-hydrogen) atoms. The van der Waals surface area contributed by atoms with Crippen molar-refractivity contribution in [2.24, 2.45) is 5.92 Å². The first-order valence-corrected chi connectivity index (χ1v) is 9.32. The quantitative estimate of drug-likeness (QED) is 0.781. The Morgan fingerprint density at radius 3 is 2.62 bits per heavy atom. The summed E-state index contributed by atoms with van der Waals surface area (Å²) in [4.78, 5) is 39.0. The standard InChI is InChI=1S/C19H23N3O4/c23-17(20-14-7-3-6-13(14)18(24)25)11-8-9-16-15(10-11)21-19(26)22(16)12-4-1-2-5-12/h8-10,12-14H,1-7H2,(H,20,23)(H,21,26)(H,24,25)/t13-,14+/m1/s1. The van der Waals surface area contributed by atoms with Gasteiger partial charge in [-0.15, -0.1) is 0 Å². The van der Waals surface area contributed by atoms with Crippen LogP contribution in [0.15, 0.2) is 23.0 Å². The lowest BCUT2D eigenvalue weighted by atomic mass is 10.0. The third-order valence-corrected chi connectivity index (χ3v) is 5.82. The number of fused-ring (bicyclic) bond motifs is 1. The van der Waals surface area contributed by atoms with Crippen LogP contribution >= 0.6 is 0 Å². The van der Waals surface area contributed by atoms with Crippen molar-refractivity contribution in [3.05, 3.63) is 34.2 Å². The molecule has 2 atom stereocenters. The maximum absolute atomic E-state index is 12.6. The highest BCUT2D eigenvalue weighted by molar-refractivity contribution is 5.97. The zero-order valence-electron chi connectivity index (χ0n) is 14.5. The van der Waals surface area contributed by atoms with Crippen molar-refractivity contribution in [1.82, 2.24) is 14.9 Å². The Balaban J connectivity index is 1.58. The summed E-state index contributed by atoms with van der Waals surface area (Å²) in [6.07, 6.45) is 6.36. The van der Waals surface area contributed by atoms with Crippen LogP contribution in [0.25, 0.3) is 11.0 Å². The van der Waals surface area contributed by atoms with Crippen molar-refractivity contribution in [2.45, 2.75) is 57.0 Å². The van der Waals surface area contributed by atoms with E-state index in [2.05, 4.69) is 10.3 Å². The van der Waals surface area contributed by atoms with Gasteiger partial charge in [-0.05, 0) is 43.9 Å². The van der Waals surface area contributed by atoms with Gasteiger partial charge in [-0.3, -0.25) is 14.2 Å². The molecule has 0 unspecified atom stereocenters. The monoisotopic (exact) mass is 357 g/mol. The van der Waals surface area contributed by atoms with Gasteiger partial charge in [0.15, 0.2) is 0 Å². The molecule has 0 spiro atoms. The molecule has 2 aliphatic carbocycles. The van der Waals surface area contributed by atoms with E-state index in [1.54, 1.807) is 16.7 Å². The van der Waals surface area contributed by atoms with E-state index in [-0.39, 0.29) is 23.7 Å². The van der Waals surface area contributed by atoms with E-state index < -0.39 is 11.9 Å². The lowest BCUT2D eigenvalue weighted by Crippen LogP contribution is -2.40. The molecule has 1 heterocycles. The number of nitrogens with zero attached hydrogens (tertiary/aromatic N) is 1. The number of rotatable bonds is 4. The number of aromatic amines is 1. The number of imidazole rings is 1. The van der Waals surface area contributed by atoms with Gasteiger partial charge in [0.2, 0.25) is 0 Å². The van der Waals surface area contributed by atoms with Gasteiger partial charge in [-0.2, -0.15) is 0 Å². The van der Waals surface area contributed by atoms with Crippen molar-refractivity contribution >= 4 is 22.9 Å². The number of amides is 1. The Kier molecular flexibility index (Phi) is 4.30. The van der Waals surface area contributed by atoms with Gasteiger partial charge >= 0.3 is 11.7 Å². The number of aromatic nitrogens is 2. The topological polar surface area (TPSA) is 104 Å². The zero-order valence-corrected chi connectivity index (χ0v) is 14.5. The molecule has 1 aromatic heterocycles. The van der Waals surface area contributed by atoms with E-state index in [4.69, 9.17) is 0 Å². The first-order chi connectivity index (χ1) is 12.5. The van der Waals surface area contributed by atoms with Crippen molar-refractivity contribution in [3.63, 3.8) is 0 Å². The van der Waals surface area contributed by atoms with Gasteiger partial charge in [0.05, 0.1) is 17.0 Å². The molecule has 7 heteroatoms. The summed E-state index contributed by atoms with van der Waals surface area (Å²) in [7, 11) is 0. The molecular formula is C19H23N3O4. The van der Waals surface area contributed by atoms with Crippen molar-refractivity contribution in [3.8, 4) is 0 Å². The maximum atomic E-state index is 12.6. The number of carboxylic acids is 1. The Hall–Kier alpha value is -2.57. The second-order valence-corrected chi connectivity index (χ2v) is 7.43. The average Bonchev–Trinajstić information content (AvgIpc) is 3.32. The molecule has 0 radical (unpaired) electrons. The highest BCUT2D eigenvalue weighted by atomic mass is 16.4. The number of benzene rings is 1. The molecule has 0 aliphatic heterocycles. The second-order valence-electron chi connectivity index (χ2n) is 7.43. The normalized spacial score (nSPS) is 23.5. The van der Waals surface area contributed by atoms with Crippen molar-refractivity contribution in [2.75, 3.05) is 0 Å². The molecule has 138 valence electrons. The summed E-state index contributed by atoms with van der Waals surface area (Å²) in [6, 6.07) is 5.09. The van der Waals surface area contributed by atoms with E-state index in [9.17, 15) is 19.5 Å². The fourth-order valence-electron chi connectivity index (χ4n) is 4.48. The van der Waals surface area contributed by atoms with Crippen LogP contribution in [0.2, 0.25) is 0 Å². The van der Waals surface area contributed by atoms with Crippen LogP contribution in [0.3, 0.4) is 0 Å². The third kappa shape index (κ3) is 2.91. The van der Waals surface area contributed by atoms with Gasteiger partial charge in [-0.1, -0.05) is 19.3 Å². The molecule has 4 rings (SSSR count). The van der Waals surface area contributed by atoms with E-state index in [0.717, 1.165) is 37.6 Å². The van der Waals surface area contributed by atoms with Crippen LogP contribution in [0.4, 0.5) is 0 Å². The number of hydrogen-bond donors (Lipinski definition) is 3. The molecule has 0 saturated heterocycles. The Bertz CT molecular complexity index is 907. The van der Waals surface area contributed by atoms with Crippen LogP contribution in [0.5, 0.6) is 0 Å². The van der Waals surface area contributed by atoms with Crippen molar-refractivity contribution < 1.29 is 14.7 Å². The predicted octanol–water partition coefficient (Wildman–Crippen LogP) is 2.43. The maximum Gasteiger partial charge on any atom is 0.326 e. The summed E-state index contributed by atoms with van der Waals surface area (Å²) in [5.41, 5.74) is 1.78. The zero-order chi connectivity index (χ0) is 18.3. The largest absolute Gasteiger partial charge is 0.481 e. The van der Waals surface area contributed by atoms with Gasteiger partial charge in [-0.25, -0.2) is 4.79 Å². The molecule has 7 nitrogen and oxygen atoms in total. The van der Waals surface area contributed by atoms with Gasteiger partial charge in [0, 0.05) is 17.6 Å². The predicted molar refractivity (Wildman–Crippen MR) is 96.3 cm³/mol. The van der Waals surface area contributed by atoms with E-state index in [1.807, 2.05) is 6.07 Å². The third-order valence-electron chi connectivity index (χ3n) is 5.82. The highest BCUT2D eigenvalue weighted by Gasteiger charge is 2.34. The number of H-pyrrole nitrogens is 1. The summed E-state index contributed by atoms with van der Waals surface area (Å²) in [6.45, 7) is 0. The number of carbonyl (C=O) groups excluding carboxylic acids is 1. The van der Waals surface area contributed by atoms with Gasteiger partial charge in [0.25, 0.3) is 5.91 Å². The molecule has 2 fully saturated rings. The summed E-state index contributed by atoms with van der Waals surface area (Å²) >= 11 is 0. The Labute approximate surface area is 150 Å². The van der Waals surface area contributed by atoms with Gasteiger partial charge in [0.1, 0.15) is 0 Å². The molecule has 2 aromatic rings. The second kappa shape index (κ2) is 6.63. The molecule has 1 aromatic carbocycles. The number of carboxylic acid groups (broad SMARTS) is 1. The van der Waals surface area contributed by atoms with Crippen LogP contribution in [-0.4, -0.2) is 32.6 Å². The van der Waals surface area contributed by atoms with Crippen molar-refractivity contribution in [1.29, 1.82) is 0 Å². The molecule has 0 bridgehead atoms. The summed E-state index contributed by atoms with van der Waals surface area (Å²) in [5, 5.41) is 12.1. The molecular weight excluding hydrogens is 334 g/mol. The first-order valence-electron chi connectivity index (χ1n) is 9.32. The van der Waals surface area contributed by atoms with Crippen LogP contribution < -0.4 is 11.0 Å². The summed E-state index contributed by atoms with van der Waals surface area (Å²) < 4.78 is 1.81. The SMILES string of the molecule is O=C(N[C@H]1CCC[C@H]1C(=O)O)c1ccc2c(c1)[nH]c(=O)n2C1CCCC1. The lowest BCUT2D eigenvalue weighted by molar-refractivity contribution is -0.142. The number of hydrogen-bond acceptors (Lipinski definition) is 3. The fraction of sp³-hybridized carbons (Fsp3) is 0.526. The minimum absolute atomic E-state index is 0.133.